The molecular formula is C15H28N2O2. The average molecular weight is 268 g/mol. The van der Waals surface area contributed by atoms with Crippen LogP contribution in [-0.2, 0) is 9.53 Å². The molecular weight excluding hydrogens is 240 g/mol. The fourth-order valence-electron chi connectivity index (χ4n) is 3.44. The van der Waals surface area contributed by atoms with Crippen LogP contribution in [0.15, 0.2) is 0 Å². The monoisotopic (exact) mass is 268 g/mol. The molecule has 0 aromatic heterocycles. The normalized spacial score (nSPS) is 36.5. The molecule has 1 aliphatic carbocycles. The van der Waals surface area contributed by atoms with Crippen molar-refractivity contribution in [3.05, 3.63) is 0 Å². The first-order valence-electron chi connectivity index (χ1n) is 7.35. The van der Waals surface area contributed by atoms with Crippen LogP contribution in [0, 0.1) is 16.7 Å². The van der Waals surface area contributed by atoms with E-state index >= 15 is 0 Å². The zero-order chi connectivity index (χ0) is 14.5. The quantitative estimate of drug-likeness (QED) is 0.815. The molecule has 3 unspecified atom stereocenters. The van der Waals surface area contributed by atoms with E-state index in [4.69, 9.17) is 10.5 Å². The van der Waals surface area contributed by atoms with E-state index in [0.29, 0.717) is 6.54 Å². The molecule has 2 rings (SSSR count). The van der Waals surface area contributed by atoms with Crippen molar-refractivity contribution < 1.29 is 9.53 Å². The molecule has 0 radical (unpaired) electrons. The molecule has 110 valence electrons. The third kappa shape index (κ3) is 2.00. The van der Waals surface area contributed by atoms with E-state index in [0.717, 1.165) is 19.4 Å². The second-order valence-corrected chi connectivity index (χ2v) is 7.48. The highest BCUT2D eigenvalue weighted by Crippen LogP contribution is 2.58. The van der Waals surface area contributed by atoms with Crippen LogP contribution >= 0.6 is 0 Å². The van der Waals surface area contributed by atoms with Gasteiger partial charge in [-0.2, -0.15) is 0 Å². The fourth-order valence-corrected chi connectivity index (χ4v) is 3.44. The summed E-state index contributed by atoms with van der Waals surface area (Å²) in [6, 6.07) is 0. The molecule has 1 saturated carbocycles. The summed E-state index contributed by atoms with van der Waals surface area (Å²) in [5.74, 6) is 0.165. The van der Waals surface area contributed by atoms with Gasteiger partial charge in [-0.25, -0.2) is 0 Å². The molecule has 0 spiro atoms. The Hall–Kier alpha value is -0.610. The number of rotatable bonds is 4. The number of carbonyl (C=O) groups excluding carboxylic acids is 1. The number of nitrogens with two attached hydrogens (primary N) is 1. The van der Waals surface area contributed by atoms with Gasteiger partial charge in [0, 0.05) is 24.5 Å². The van der Waals surface area contributed by atoms with Crippen molar-refractivity contribution >= 4 is 5.91 Å². The van der Waals surface area contributed by atoms with Gasteiger partial charge in [-0.15, -0.1) is 0 Å². The van der Waals surface area contributed by atoms with Crippen molar-refractivity contribution in [3.8, 4) is 0 Å². The van der Waals surface area contributed by atoms with E-state index in [1.807, 2.05) is 13.8 Å². The minimum absolute atomic E-state index is 0.00854. The lowest BCUT2D eigenvalue weighted by Gasteiger charge is -2.60. The summed E-state index contributed by atoms with van der Waals surface area (Å²) in [6.07, 6.45) is 2.07. The first kappa shape index (κ1) is 14.8. The standard InChI is InChI=1S/C15H28N2O2/c1-6-13(2,3)9-17-12(18)15(16)10-7-8-19-11(10)14(15,4)5/h10-11H,6-9,16H2,1-5H3,(H,17,18). The summed E-state index contributed by atoms with van der Waals surface area (Å²) >= 11 is 0. The molecule has 1 amide bonds. The van der Waals surface area contributed by atoms with Gasteiger partial charge in [-0.1, -0.05) is 34.6 Å². The molecule has 4 heteroatoms. The first-order chi connectivity index (χ1) is 8.67. The average Bonchev–Trinajstić information content (AvgIpc) is 2.83. The van der Waals surface area contributed by atoms with Gasteiger partial charge in [0.25, 0.3) is 0 Å². The predicted molar refractivity (Wildman–Crippen MR) is 75.6 cm³/mol. The molecule has 2 aliphatic rings. The third-order valence-corrected chi connectivity index (χ3v) is 5.51. The van der Waals surface area contributed by atoms with Crippen molar-refractivity contribution in [2.45, 2.75) is 59.1 Å². The summed E-state index contributed by atoms with van der Waals surface area (Å²) in [5.41, 5.74) is 5.54. The van der Waals surface area contributed by atoms with Crippen LogP contribution in [0.25, 0.3) is 0 Å². The molecule has 3 N–H and O–H groups in total. The summed E-state index contributed by atoms with van der Waals surface area (Å²) in [4.78, 5) is 12.6. The second-order valence-electron chi connectivity index (χ2n) is 7.48. The largest absolute Gasteiger partial charge is 0.377 e. The highest BCUT2D eigenvalue weighted by Gasteiger charge is 2.71. The van der Waals surface area contributed by atoms with E-state index in [1.54, 1.807) is 0 Å². The maximum absolute atomic E-state index is 12.6. The van der Waals surface area contributed by atoms with E-state index in [-0.39, 0.29) is 28.8 Å². The Morgan fingerprint density at radius 3 is 2.68 bits per heavy atom. The van der Waals surface area contributed by atoms with Crippen molar-refractivity contribution in [2.24, 2.45) is 22.5 Å². The number of fused-ring (bicyclic) bond motifs is 1. The number of nitrogens with one attached hydrogen (secondary N) is 1. The SMILES string of the molecule is CCC(C)(C)CNC(=O)C1(N)C2CCOC2C1(C)C. The summed E-state index contributed by atoms with van der Waals surface area (Å²) in [6.45, 7) is 11.9. The molecule has 4 nitrogen and oxygen atoms in total. The molecule has 1 heterocycles. The number of hydrogen-bond donors (Lipinski definition) is 2. The second kappa shape index (κ2) is 4.45. The molecule has 0 aromatic carbocycles. The van der Waals surface area contributed by atoms with E-state index in [2.05, 4.69) is 26.1 Å². The number of amides is 1. The van der Waals surface area contributed by atoms with E-state index < -0.39 is 5.54 Å². The van der Waals surface area contributed by atoms with Gasteiger partial charge in [0.15, 0.2) is 0 Å². The molecule has 0 aromatic rings. The van der Waals surface area contributed by atoms with Gasteiger partial charge in [-0.05, 0) is 18.3 Å². The topological polar surface area (TPSA) is 64.4 Å². The van der Waals surface area contributed by atoms with Crippen LogP contribution < -0.4 is 11.1 Å². The van der Waals surface area contributed by atoms with Crippen LogP contribution in [0.5, 0.6) is 0 Å². The van der Waals surface area contributed by atoms with Crippen molar-refractivity contribution in [2.75, 3.05) is 13.2 Å². The van der Waals surface area contributed by atoms with Crippen LogP contribution in [0.2, 0.25) is 0 Å². The van der Waals surface area contributed by atoms with Crippen molar-refractivity contribution in [1.82, 2.24) is 5.32 Å². The van der Waals surface area contributed by atoms with Crippen LogP contribution in [0.1, 0.15) is 47.5 Å². The zero-order valence-electron chi connectivity index (χ0n) is 12.9. The van der Waals surface area contributed by atoms with Crippen molar-refractivity contribution in [1.29, 1.82) is 0 Å². The van der Waals surface area contributed by atoms with Gasteiger partial charge < -0.3 is 15.8 Å². The van der Waals surface area contributed by atoms with E-state index in [9.17, 15) is 4.79 Å². The number of hydrogen-bond acceptors (Lipinski definition) is 3. The van der Waals surface area contributed by atoms with Gasteiger partial charge in [0.2, 0.25) is 5.91 Å². The maximum Gasteiger partial charge on any atom is 0.241 e. The summed E-state index contributed by atoms with van der Waals surface area (Å²) in [7, 11) is 0. The zero-order valence-corrected chi connectivity index (χ0v) is 12.9. The lowest BCUT2D eigenvalue weighted by atomic mass is 9.48. The molecule has 19 heavy (non-hydrogen) atoms. The minimum Gasteiger partial charge on any atom is -0.377 e. The highest BCUT2D eigenvalue weighted by molar-refractivity contribution is 5.89. The summed E-state index contributed by atoms with van der Waals surface area (Å²) in [5, 5.41) is 3.07. The fraction of sp³-hybridized carbons (Fsp3) is 0.933. The van der Waals surface area contributed by atoms with Gasteiger partial charge in [-0.3, -0.25) is 4.79 Å². The minimum atomic E-state index is -0.780. The van der Waals surface area contributed by atoms with E-state index in [1.165, 1.54) is 0 Å². The molecule has 0 bridgehead atoms. The van der Waals surface area contributed by atoms with Gasteiger partial charge in [0.05, 0.1) is 6.10 Å². The first-order valence-corrected chi connectivity index (χ1v) is 7.35. The Bertz CT molecular complexity index is 378. The molecule has 3 atom stereocenters. The van der Waals surface area contributed by atoms with Crippen LogP contribution in [0.3, 0.4) is 0 Å². The third-order valence-electron chi connectivity index (χ3n) is 5.51. The molecule has 2 fully saturated rings. The Balaban J connectivity index is 2.06. The van der Waals surface area contributed by atoms with Crippen LogP contribution in [0.4, 0.5) is 0 Å². The Morgan fingerprint density at radius 2 is 2.11 bits per heavy atom. The predicted octanol–water partition coefficient (Wildman–Crippen LogP) is 1.68. The lowest BCUT2D eigenvalue weighted by Crippen LogP contribution is -2.80. The van der Waals surface area contributed by atoms with Gasteiger partial charge in [0.1, 0.15) is 5.54 Å². The highest BCUT2D eigenvalue weighted by atomic mass is 16.5. The molecule has 1 aliphatic heterocycles. The Labute approximate surface area is 116 Å². The molecule has 1 saturated heterocycles. The number of carbonyl (C=O) groups is 1. The number of ether oxygens (including phenoxy) is 1. The van der Waals surface area contributed by atoms with Crippen molar-refractivity contribution in [3.63, 3.8) is 0 Å². The Morgan fingerprint density at radius 1 is 1.47 bits per heavy atom. The van der Waals surface area contributed by atoms with Gasteiger partial charge >= 0.3 is 0 Å². The lowest BCUT2D eigenvalue weighted by molar-refractivity contribution is -0.175. The maximum atomic E-state index is 12.6. The Kier molecular flexibility index (Phi) is 3.47. The van der Waals surface area contributed by atoms with Crippen LogP contribution in [-0.4, -0.2) is 30.7 Å². The summed E-state index contributed by atoms with van der Waals surface area (Å²) < 4.78 is 5.72. The smallest absolute Gasteiger partial charge is 0.241 e.